The van der Waals surface area contributed by atoms with Gasteiger partial charge in [0.1, 0.15) is 11.4 Å². The number of nitrogens with zero attached hydrogens (tertiary/aromatic N) is 2. The lowest BCUT2D eigenvalue weighted by Crippen LogP contribution is -2.38. The van der Waals surface area contributed by atoms with Gasteiger partial charge in [0, 0.05) is 6.54 Å². The van der Waals surface area contributed by atoms with E-state index in [0.29, 0.717) is 29.6 Å². The van der Waals surface area contributed by atoms with E-state index in [-0.39, 0.29) is 5.78 Å². The topological polar surface area (TPSA) is 56.2 Å². The quantitative estimate of drug-likeness (QED) is 0.883. The van der Waals surface area contributed by atoms with Crippen LogP contribution in [0.4, 0.5) is 5.69 Å². The standard InChI is InChI=1S/C14H14ClN3O2/c1-2-18-13(9(15)7-17-18)14(19)12-8-16-10-5-3-4-6-11(10)20-12/h3-7,12,16H,2,8H2,1H3. The molecular weight excluding hydrogens is 278 g/mol. The number of carbonyl (C=O) groups excluding carboxylic acids is 1. The van der Waals surface area contributed by atoms with Crippen molar-refractivity contribution in [3.63, 3.8) is 0 Å². The van der Waals surface area contributed by atoms with Crippen LogP contribution in [0.15, 0.2) is 30.5 Å². The second-order valence-electron chi connectivity index (χ2n) is 4.50. The van der Waals surface area contributed by atoms with E-state index >= 15 is 0 Å². The van der Waals surface area contributed by atoms with Crippen LogP contribution in [-0.2, 0) is 6.54 Å². The minimum atomic E-state index is -0.593. The predicted molar refractivity (Wildman–Crippen MR) is 76.6 cm³/mol. The smallest absolute Gasteiger partial charge is 0.224 e. The maximum atomic E-state index is 12.6. The molecule has 104 valence electrons. The summed E-state index contributed by atoms with van der Waals surface area (Å²) in [6.07, 6.45) is 0.895. The van der Waals surface area contributed by atoms with Crippen molar-refractivity contribution >= 4 is 23.1 Å². The van der Waals surface area contributed by atoms with E-state index in [1.54, 1.807) is 4.68 Å². The van der Waals surface area contributed by atoms with Crippen molar-refractivity contribution in [2.24, 2.45) is 0 Å². The fraction of sp³-hybridized carbons (Fsp3) is 0.286. The number of hydrogen-bond donors (Lipinski definition) is 1. The zero-order valence-electron chi connectivity index (χ0n) is 11.0. The highest BCUT2D eigenvalue weighted by Crippen LogP contribution is 2.29. The molecule has 1 aromatic heterocycles. The van der Waals surface area contributed by atoms with Gasteiger partial charge in [0.2, 0.25) is 5.78 Å². The summed E-state index contributed by atoms with van der Waals surface area (Å²) in [7, 11) is 0. The van der Waals surface area contributed by atoms with E-state index in [0.717, 1.165) is 5.69 Å². The van der Waals surface area contributed by atoms with Crippen molar-refractivity contribution in [3.05, 3.63) is 41.2 Å². The van der Waals surface area contributed by atoms with Crippen LogP contribution in [0.2, 0.25) is 5.02 Å². The molecule has 1 aromatic carbocycles. The SMILES string of the molecule is CCn1ncc(Cl)c1C(=O)C1CNc2ccccc2O1. The molecule has 0 bridgehead atoms. The van der Waals surface area contributed by atoms with E-state index in [4.69, 9.17) is 16.3 Å². The molecule has 20 heavy (non-hydrogen) atoms. The summed E-state index contributed by atoms with van der Waals surface area (Å²) in [6, 6.07) is 7.54. The number of fused-ring (bicyclic) bond motifs is 1. The molecule has 6 heteroatoms. The molecule has 0 radical (unpaired) electrons. The normalized spacial score (nSPS) is 17.0. The molecule has 2 aromatic rings. The third-order valence-electron chi connectivity index (χ3n) is 3.25. The number of hydrogen-bond acceptors (Lipinski definition) is 4. The monoisotopic (exact) mass is 291 g/mol. The molecule has 0 saturated heterocycles. The van der Waals surface area contributed by atoms with Crippen molar-refractivity contribution in [1.29, 1.82) is 0 Å². The van der Waals surface area contributed by atoms with Crippen molar-refractivity contribution in [3.8, 4) is 5.75 Å². The lowest BCUT2D eigenvalue weighted by molar-refractivity contribution is 0.0790. The fourth-order valence-electron chi connectivity index (χ4n) is 2.26. The highest BCUT2D eigenvalue weighted by atomic mass is 35.5. The zero-order valence-corrected chi connectivity index (χ0v) is 11.7. The first-order valence-corrected chi connectivity index (χ1v) is 6.83. The molecule has 0 amide bonds. The first-order chi connectivity index (χ1) is 9.70. The summed E-state index contributed by atoms with van der Waals surface area (Å²) in [5.74, 6) is 0.520. The summed E-state index contributed by atoms with van der Waals surface area (Å²) < 4.78 is 7.35. The fourth-order valence-corrected chi connectivity index (χ4v) is 2.49. The van der Waals surface area contributed by atoms with Gasteiger partial charge in [-0.25, -0.2) is 0 Å². The summed E-state index contributed by atoms with van der Waals surface area (Å²) in [6.45, 7) is 2.92. The minimum absolute atomic E-state index is 0.156. The lowest BCUT2D eigenvalue weighted by atomic mass is 10.1. The van der Waals surface area contributed by atoms with Crippen LogP contribution in [-0.4, -0.2) is 28.2 Å². The molecule has 0 aliphatic carbocycles. The zero-order chi connectivity index (χ0) is 14.1. The number of rotatable bonds is 3. The number of nitrogens with one attached hydrogen (secondary N) is 1. The molecule has 3 rings (SSSR count). The van der Waals surface area contributed by atoms with Gasteiger partial charge in [0.15, 0.2) is 6.10 Å². The summed E-state index contributed by atoms with van der Waals surface area (Å²) >= 11 is 6.06. The largest absolute Gasteiger partial charge is 0.478 e. The van der Waals surface area contributed by atoms with E-state index in [2.05, 4.69) is 10.4 Å². The number of halogens is 1. The number of ketones is 1. The van der Waals surface area contributed by atoms with Crippen LogP contribution in [0.5, 0.6) is 5.75 Å². The van der Waals surface area contributed by atoms with E-state index in [9.17, 15) is 4.79 Å². The maximum Gasteiger partial charge on any atom is 0.224 e. The van der Waals surface area contributed by atoms with Crippen molar-refractivity contribution in [2.45, 2.75) is 19.6 Å². The van der Waals surface area contributed by atoms with Gasteiger partial charge in [-0.1, -0.05) is 23.7 Å². The molecule has 0 fully saturated rings. The summed E-state index contributed by atoms with van der Waals surface area (Å²) in [5.41, 5.74) is 1.30. The van der Waals surface area contributed by atoms with E-state index in [1.807, 2.05) is 31.2 Å². The van der Waals surface area contributed by atoms with Crippen LogP contribution >= 0.6 is 11.6 Å². The van der Waals surface area contributed by atoms with Crippen molar-refractivity contribution in [2.75, 3.05) is 11.9 Å². The maximum absolute atomic E-state index is 12.6. The number of ether oxygens (including phenoxy) is 1. The second-order valence-corrected chi connectivity index (χ2v) is 4.91. The first-order valence-electron chi connectivity index (χ1n) is 6.45. The lowest BCUT2D eigenvalue weighted by Gasteiger charge is -2.26. The number of aromatic nitrogens is 2. The number of benzene rings is 1. The van der Waals surface area contributed by atoms with Gasteiger partial charge in [0.05, 0.1) is 23.5 Å². The Hall–Kier alpha value is -2.01. The summed E-state index contributed by atoms with van der Waals surface area (Å²) in [4.78, 5) is 12.6. The summed E-state index contributed by atoms with van der Waals surface area (Å²) in [5, 5.41) is 7.64. The van der Waals surface area contributed by atoms with E-state index in [1.165, 1.54) is 6.20 Å². The third kappa shape index (κ3) is 2.14. The van der Waals surface area contributed by atoms with Crippen molar-refractivity contribution in [1.82, 2.24) is 9.78 Å². The predicted octanol–water partition coefficient (Wildman–Crippen LogP) is 2.61. The van der Waals surface area contributed by atoms with Gasteiger partial charge >= 0.3 is 0 Å². The third-order valence-corrected chi connectivity index (χ3v) is 3.53. The first kappa shape index (κ1) is 13.0. The molecular formula is C14H14ClN3O2. The highest BCUT2D eigenvalue weighted by molar-refractivity contribution is 6.33. The van der Waals surface area contributed by atoms with Gasteiger partial charge in [0.25, 0.3) is 0 Å². The number of carbonyl (C=O) groups is 1. The van der Waals surface area contributed by atoms with E-state index < -0.39 is 6.10 Å². The van der Waals surface area contributed by atoms with Crippen LogP contribution in [0, 0.1) is 0 Å². The van der Waals surface area contributed by atoms with Crippen molar-refractivity contribution < 1.29 is 9.53 Å². The van der Waals surface area contributed by atoms with Gasteiger partial charge in [-0.2, -0.15) is 5.10 Å². The number of para-hydroxylation sites is 2. The molecule has 5 nitrogen and oxygen atoms in total. The number of Topliss-reactive ketones (excluding diaryl/α,β-unsaturated/α-hetero) is 1. The Morgan fingerprint density at radius 3 is 3.15 bits per heavy atom. The molecule has 2 heterocycles. The average Bonchev–Trinajstić information content (AvgIpc) is 2.87. The second kappa shape index (κ2) is 5.17. The number of aryl methyl sites for hydroxylation is 1. The Kier molecular flexibility index (Phi) is 3.36. The van der Waals surface area contributed by atoms with Crippen LogP contribution in [0.1, 0.15) is 17.4 Å². The minimum Gasteiger partial charge on any atom is -0.478 e. The molecule has 1 atom stereocenters. The Morgan fingerprint density at radius 2 is 2.35 bits per heavy atom. The molecule has 1 aliphatic rings. The average molecular weight is 292 g/mol. The molecule has 1 unspecified atom stereocenters. The Balaban J connectivity index is 1.88. The van der Waals surface area contributed by atoms with Crippen LogP contribution < -0.4 is 10.1 Å². The van der Waals surface area contributed by atoms with Gasteiger partial charge in [-0.3, -0.25) is 9.48 Å². The van der Waals surface area contributed by atoms with Crippen LogP contribution in [0.25, 0.3) is 0 Å². The highest BCUT2D eigenvalue weighted by Gasteiger charge is 2.30. The Labute approximate surface area is 121 Å². The molecule has 0 spiro atoms. The molecule has 1 N–H and O–H groups in total. The Morgan fingerprint density at radius 1 is 1.55 bits per heavy atom. The van der Waals surface area contributed by atoms with Gasteiger partial charge in [-0.05, 0) is 19.1 Å². The molecule has 0 saturated carbocycles. The molecule has 1 aliphatic heterocycles. The van der Waals surface area contributed by atoms with Crippen LogP contribution in [0.3, 0.4) is 0 Å². The van der Waals surface area contributed by atoms with Gasteiger partial charge in [-0.15, -0.1) is 0 Å². The Bertz CT molecular complexity index is 654. The number of anilines is 1. The van der Waals surface area contributed by atoms with Gasteiger partial charge < -0.3 is 10.1 Å².